The molecule has 2 N–H and O–H groups in total. The molecule has 104 valence electrons. The van der Waals surface area contributed by atoms with E-state index in [1.54, 1.807) is 11.8 Å². The second kappa shape index (κ2) is 5.46. The third-order valence-corrected chi connectivity index (χ3v) is 4.74. The average Bonchev–Trinajstić information content (AvgIpc) is 2.48. The Kier molecular flexibility index (Phi) is 3.68. The van der Waals surface area contributed by atoms with Gasteiger partial charge in [-0.2, -0.15) is 11.8 Å². The third kappa shape index (κ3) is 2.67. The lowest BCUT2D eigenvalue weighted by Crippen LogP contribution is -2.45. The van der Waals surface area contributed by atoms with E-state index in [4.69, 9.17) is 0 Å². The Morgan fingerprint density at radius 3 is 2.55 bits per heavy atom. The SMILES string of the molecule is O=C(Nc1ccc2ccccc2c1)C1(O)CCSCC1. The number of carbonyl (C=O) groups is 1. The maximum atomic E-state index is 12.3. The highest BCUT2D eigenvalue weighted by molar-refractivity contribution is 7.99. The highest BCUT2D eigenvalue weighted by Crippen LogP contribution is 2.28. The Labute approximate surface area is 122 Å². The lowest BCUT2D eigenvalue weighted by Gasteiger charge is -2.30. The fourth-order valence-corrected chi connectivity index (χ4v) is 3.62. The summed E-state index contributed by atoms with van der Waals surface area (Å²) in [5.74, 6) is 1.39. The van der Waals surface area contributed by atoms with Gasteiger partial charge in [-0.1, -0.05) is 30.3 Å². The maximum Gasteiger partial charge on any atom is 0.256 e. The van der Waals surface area contributed by atoms with Gasteiger partial charge in [0.2, 0.25) is 0 Å². The molecule has 2 aromatic rings. The number of nitrogens with one attached hydrogen (secondary N) is 1. The minimum absolute atomic E-state index is 0.284. The number of hydrogen-bond donors (Lipinski definition) is 2. The molecule has 20 heavy (non-hydrogen) atoms. The molecule has 0 aliphatic carbocycles. The molecule has 0 radical (unpaired) electrons. The molecule has 4 heteroatoms. The van der Waals surface area contributed by atoms with E-state index in [9.17, 15) is 9.90 Å². The smallest absolute Gasteiger partial charge is 0.256 e. The van der Waals surface area contributed by atoms with Crippen molar-refractivity contribution >= 4 is 34.1 Å². The number of rotatable bonds is 2. The minimum Gasteiger partial charge on any atom is -0.380 e. The van der Waals surface area contributed by atoms with Crippen molar-refractivity contribution in [2.45, 2.75) is 18.4 Å². The van der Waals surface area contributed by atoms with Crippen molar-refractivity contribution in [3.63, 3.8) is 0 Å². The van der Waals surface area contributed by atoms with E-state index in [0.29, 0.717) is 12.8 Å². The van der Waals surface area contributed by atoms with Crippen molar-refractivity contribution < 1.29 is 9.90 Å². The van der Waals surface area contributed by atoms with Crippen molar-refractivity contribution in [3.8, 4) is 0 Å². The molecule has 3 rings (SSSR count). The van der Waals surface area contributed by atoms with Gasteiger partial charge in [-0.25, -0.2) is 0 Å². The van der Waals surface area contributed by atoms with Crippen LogP contribution in [-0.4, -0.2) is 28.1 Å². The van der Waals surface area contributed by atoms with E-state index in [2.05, 4.69) is 5.32 Å². The van der Waals surface area contributed by atoms with Crippen molar-refractivity contribution in [2.24, 2.45) is 0 Å². The van der Waals surface area contributed by atoms with Crippen LogP contribution in [0.15, 0.2) is 42.5 Å². The molecule has 1 aliphatic rings. The molecule has 0 unspecified atom stereocenters. The quantitative estimate of drug-likeness (QED) is 0.892. The number of aliphatic hydroxyl groups is 1. The second-order valence-electron chi connectivity index (χ2n) is 5.16. The summed E-state index contributed by atoms with van der Waals surface area (Å²) in [5.41, 5.74) is -0.475. The zero-order chi connectivity index (χ0) is 14.0. The van der Waals surface area contributed by atoms with Gasteiger partial charge in [0.05, 0.1) is 0 Å². The second-order valence-corrected chi connectivity index (χ2v) is 6.38. The Bertz CT molecular complexity index is 635. The van der Waals surface area contributed by atoms with Crippen LogP contribution in [0.4, 0.5) is 5.69 Å². The van der Waals surface area contributed by atoms with Crippen LogP contribution in [0.1, 0.15) is 12.8 Å². The maximum absolute atomic E-state index is 12.3. The lowest BCUT2D eigenvalue weighted by atomic mass is 9.95. The molecule has 0 aromatic heterocycles. The number of hydrogen-bond acceptors (Lipinski definition) is 3. The van der Waals surface area contributed by atoms with E-state index >= 15 is 0 Å². The van der Waals surface area contributed by atoms with Gasteiger partial charge < -0.3 is 10.4 Å². The number of fused-ring (bicyclic) bond motifs is 1. The molecule has 0 atom stereocenters. The highest BCUT2D eigenvalue weighted by atomic mass is 32.2. The largest absolute Gasteiger partial charge is 0.380 e. The molecule has 1 aliphatic heterocycles. The van der Waals surface area contributed by atoms with Crippen LogP contribution < -0.4 is 5.32 Å². The molecule has 0 bridgehead atoms. The molecule has 1 amide bonds. The van der Waals surface area contributed by atoms with E-state index in [-0.39, 0.29) is 5.91 Å². The van der Waals surface area contributed by atoms with Crippen LogP contribution in [0.25, 0.3) is 10.8 Å². The van der Waals surface area contributed by atoms with E-state index in [0.717, 1.165) is 28.0 Å². The summed E-state index contributed by atoms with van der Waals surface area (Å²) in [5, 5.41) is 15.5. The summed E-state index contributed by atoms with van der Waals surface area (Å²) < 4.78 is 0. The van der Waals surface area contributed by atoms with Gasteiger partial charge in [0.25, 0.3) is 5.91 Å². The molecule has 0 saturated carbocycles. The lowest BCUT2D eigenvalue weighted by molar-refractivity contribution is -0.134. The first-order valence-electron chi connectivity index (χ1n) is 6.78. The first-order valence-corrected chi connectivity index (χ1v) is 7.93. The van der Waals surface area contributed by atoms with Crippen LogP contribution in [0.3, 0.4) is 0 Å². The standard InChI is InChI=1S/C16H17NO2S/c18-15(16(19)7-9-20-10-8-16)17-14-6-5-12-3-1-2-4-13(12)11-14/h1-6,11,19H,7-10H2,(H,17,18). The van der Waals surface area contributed by atoms with Crippen LogP contribution in [0.5, 0.6) is 0 Å². The van der Waals surface area contributed by atoms with Crippen molar-refractivity contribution in [3.05, 3.63) is 42.5 Å². The number of thioether (sulfide) groups is 1. The summed E-state index contributed by atoms with van der Waals surface area (Å²) in [6.45, 7) is 0. The van der Waals surface area contributed by atoms with Gasteiger partial charge in [0.15, 0.2) is 0 Å². The summed E-state index contributed by atoms with van der Waals surface area (Å²) >= 11 is 1.78. The Hall–Kier alpha value is -1.52. The first-order chi connectivity index (χ1) is 9.67. The molecule has 1 saturated heterocycles. The van der Waals surface area contributed by atoms with Crippen LogP contribution >= 0.6 is 11.8 Å². The van der Waals surface area contributed by atoms with Gasteiger partial charge in [0, 0.05) is 5.69 Å². The number of anilines is 1. The van der Waals surface area contributed by atoms with Gasteiger partial charge in [-0.15, -0.1) is 0 Å². The van der Waals surface area contributed by atoms with Gasteiger partial charge in [0.1, 0.15) is 5.60 Å². The molecule has 2 aromatic carbocycles. The fraction of sp³-hybridized carbons (Fsp3) is 0.312. The molecular formula is C16H17NO2S. The predicted octanol–water partition coefficient (Wildman–Crippen LogP) is 3.04. The van der Waals surface area contributed by atoms with Crippen LogP contribution in [0, 0.1) is 0 Å². The van der Waals surface area contributed by atoms with Crippen LogP contribution in [-0.2, 0) is 4.79 Å². The molecular weight excluding hydrogens is 270 g/mol. The highest BCUT2D eigenvalue weighted by Gasteiger charge is 2.37. The molecule has 0 spiro atoms. The van der Waals surface area contributed by atoms with Gasteiger partial charge >= 0.3 is 0 Å². The van der Waals surface area contributed by atoms with Gasteiger partial charge in [-0.3, -0.25) is 4.79 Å². The van der Waals surface area contributed by atoms with Crippen molar-refractivity contribution in [2.75, 3.05) is 16.8 Å². The predicted molar refractivity (Wildman–Crippen MR) is 84.1 cm³/mol. The monoisotopic (exact) mass is 287 g/mol. The molecule has 3 nitrogen and oxygen atoms in total. The van der Waals surface area contributed by atoms with E-state index in [1.165, 1.54) is 0 Å². The third-order valence-electron chi connectivity index (χ3n) is 3.75. The molecule has 1 fully saturated rings. The number of benzene rings is 2. The topological polar surface area (TPSA) is 49.3 Å². The van der Waals surface area contributed by atoms with E-state index in [1.807, 2.05) is 42.5 Å². The summed E-state index contributed by atoms with van der Waals surface area (Å²) in [6.07, 6.45) is 1.05. The van der Waals surface area contributed by atoms with Crippen LogP contribution in [0.2, 0.25) is 0 Å². The van der Waals surface area contributed by atoms with Gasteiger partial charge in [-0.05, 0) is 47.3 Å². The zero-order valence-electron chi connectivity index (χ0n) is 11.1. The number of amides is 1. The summed E-state index contributed by atoms with van der Waals surface area (Å²) in [4.78, 5) is 12.3. The molecule has 1 heterocycles. The van der Waals surface area contributed by atoms with Crippen molar-refractivity contribution in [1.82, 2.24) is 0 Å². The minimum atomic E-state index is -1.21. The average molecular weight is 287 g/mol. The summed E-state index contributed by atoms with van der Waals surface area (Å²) in [7, 11) is 0. The first kappa shape index (κ1) is 13.5. The normalized spacial score (nSPS) is 17.9. The van der Waals surface area contributed by atoms with Crippen molar-refractivity contribution in [1.29, 1.82) is 0 Å². The zero-order valence-corrected chi connectivity index (χ0v) is 12.0. The Morgan fingerprint density at radius 2 is 1.80 bits per heavy atom. The number of carbonyl (C=O) groups excluding carboxylic acids is 1. The summed E-state index contributed by atoms with van der Waals surface area (Å²) in [6, 6.07) is 13.8. The fourth-order valence-electron chi connectivity index (χ4n) is 2.45. The Morgan fingerprint density at radius 1 is 1.10 bits per heavy atom. The Balaban J connectivity index is 1.80. The van der Waals surface area contributed by atoms with E-state index < -0.39 is 5.60 Å².